The summed E-state index contributed by atoms with van der Waals surface area (Å²) in [6.07, 6.45) is 8.37. The van der Waals surface area contributed by atoms with Gasteiger partial charge in [0, 0.05) is 25.0 Å². The van der Waals surface area contributed by atoms with Gasteiger partial charge in [0.05, 0.1) is 6.61 Å². The largest absolute Gasteiger partial charge is 0.478 e. The van der Waals surface area contributed by atoms with Gasteiger partial charge in [0.1, 0.15) is 11.9 Å². The highest BCUT2D eigenvalue weighted by Gasteiger charge is 2.09. The Labute approximate surface area is 165 Å². The Kier molecular flexibility index (Phi) is 7.40. The molecule has 150 valence electrons. The summed E-state index contributed by atoms with van der Waals surface area (Å²) in [6, 6.07) is 5.55. The van der Waals surface area contributed by atoms with E-state index in [1.54, 1.807) is 12.4 Å². The minimum Gasteiger partial charge on any atom is -0.478 e. The third kappa shape index (κ3) is 6.68. The lowest BCUT2D eigenvalue weighted by Gasteiger charge is -2.14. The number of carbonyl (C=O) groups excluding carboxylic acids is 1. The van der Waals surface area contributed by atoms with Crippen molar-refractivity contribution in [3.63, 3.8) is 0 Å². The topological polar surface area (TPSA) is 98.3 Å². The lowest BCUT2D eigenvalue weighted by atomic mass is 10.1. The van der Waals surface area contributed by atoms with Gasteiger partial charge in [0.25, 0.3) is 0 Å². The minimum atomic E-state index is -0.352. The molecule has 4 heterocycles. The molecular formula is C20H27N5O3. The zero-order valence-electron chi connectivity index (χ0n) is 16.2. The van der Waals surface area contributed by atoms with Gasteiger partial charge in [-0.2, -0.15) is 4.98 Å². The predicted molar refractivity (Wildman–Crippen MR) is 106 cm³/mol. The molecule has 2 N–H and O–H groups in total. The van der Waals surface area contributed by atoms with Gasteiger partial charge >= 0.3 is 6.09 Å². The summed E-state index contributed by atoms with van der Waals surface area (Å²) in [7, 11) is 0. The van der Waals surface area contributed by atoms with E-state index in [-0.39, 0.29) is 12.2 Å². The summed E-state index contributed by atoms with van der Waals surface area (Å²) in [5, 5.41) is 5.90. The molecule has 28 heavy (non-hydrogen) atoms. The molecule has 4 bridgehead atoms. The number of pyridine rings is 1. The number of rotatable bonds is 0. The first-order chi connectivity index (χ1) is 13.7. The van der Waals surface area contributed by atoms with E-state index >= 15 is 0 Å². The second-order valence-corrected chi connectivity index (χ2v) is 6.85. The first-order valence-electron chi connectivity index (χ1n) is 9.81. The van der Waals surface area contributed by atoms with Gasteiger partial charge in [-0.25, -0.2) is 14.8 Å². The lowest BCUT2D eigenvalue weighted by molar-refractivity contribution is 0.101. The molecular weight excluding hydrogens is 358 g/mol. The molecule has 0 spiro atoms. The minimum absolute atomic E-state index is 0.123. The van der Waals surface area contributed by atoms with E-state index in [2.05, 4.69) is 25.6 Å². The summed E-state index contributed by atoms with van der Waals surface area (Å²) < 4.78 is 11.1. The zero-order chi connectivity index (χ0) is 19.6. The van der Waals surface area contributed by atoms with E-state index in [1.807, 2.05) is 25.1 Å². The number of carbonyl (C=O) groups is 1. The average molecular weight is 385 g/mol. The molecule has 0 saturated heterocycles. The van der Waals surface area contributed by atoms with E-state index in [0.29, 0.717) is 30.8 Å². The van der Waals surface area contributed by atoms with Gasteiger partial charge in [-0.05, 0) is 57.1 Å². The second kappa shape index (κ2) is 10.4. The maximum Gasteiger partial charge on any atom is 0.407 e. The van der Waals surface area contributed by atoms with Crippen molar-refractivity contribution >= 4 is 17.9 Å². The number of nitrogens with zero attached hydrogens (tertiary/aromatic N) is 3. The Morgan fingerprint density at radius 1 is 1.11 bits per heavy atom. The Morgan fingerprint density at radius 2 is 1.96 bits per heavy atom. The van der Waals surface area contributed by atoms with Crippen molar-refractivity contribution in [3.8, 4) is 5.88 Å². The first-order valence-corrected chi connectivity index (χ1v) is 9.81. The summed E-state index contributed by atoms with van der Waals surface area (Å²) >= 11 is 0. The van der Waals surface area contributed by atoms with E-state index in [1.165, 1.54) is 0 Å². The number of aromatic nitrogens is 3. The third-order valence-corrected chi connectivity index (χ3v) is 4.39. The normalized spacial score (nSPS) is 19.3. The van der Waals surface area contributed by atoms with Crippen LogP contribution in [0.3, 0.4) is 0 Å². The highest BCUT2D eigenvalue weighted by molar-refractivity contribution is 5.67. The number of aryl methyl sites for hydroxylation is 1. The SMILES string of the molecule is C[C@@H]1CCCc2cnc(nc2)Nc2cccc(n2)OCCCCCNC(=O)O1. The number of fused-ring (bicyclic) bond motifs is 14. The summed E-state index contributed by atoms with van der Waals surface area (Å²) in [6.45, 7) is 3.09. The number of hydrogen-bond donors (Lipinski definition) is 2. The van der Waals surface area contributed by atoms with Crippen molar-refractivity contribution in [3.05, 3.63) is 36.2 Å². The molecule has 1 amide bonds. The quantitative estimate of drug-likeness (QED) is 0.715. The van der Waals surface area contributed by atoms with Crippen molar-refractivity contribution in [1.82, 2.24) is 20.3 Å². The second-order valence-electron chi connectivity index (χ2n) is 6.85. The molecule has 2 aromatic rings. The fraction of sp³-hybridized carbons (Fsp3) is 0.500. The van der Waals surface area contributed by atoms with Crippen LogP contribution in [0.2, 0.25) is 0 Å². The number of amides is 1. The molecule has 4 rings (SSSR count). The number of ether oxygens (including phenoxy) is 2. The van der Waals surface area contributed by atoms with Crippen LogP contribution in [0.15, 0.2) is 30.6 Å². The maximum absolute atomic E-state index is 11.8. The molecule has 0 unspecified atom stereocenters. The Bertz CT molecular complexity index is 754. The highest BCUT2D eigenvalue weighted by atomic mass is 16.6. The fourth-order valence-corrected chi connectivity index (χ4v) is 2.88. The molecule has 8 nitrogen and oxygen atoms in total. The van der Waals surface area contributed by atoms with Crippen LogP contribution in [-0.2, 0) is 11.2 Å². The maximum atomic E-state index is 11.8. The lowest BCUT2D eigenvalue weighted by Crippen LogP contribution is -2.28. The molecule has 1 atom stereocenters. The number of alkyl carbamates (subject to hydrolysis) is 1. The van der Waals surface area contributed by atoms with Crippen molar-refractivity contribution in [2.75, 3.05) is 18.5 Å². The first kappa shape index (κ1) is 19.9. The van der Waals surface area contributed by atoms with Crippen LogP contribution in [0.1, 0.15) is 44.6 Å². The van der Waals surface area contributed by atoms with Crippen LogP contribution in [0, 0.1) is 0 Å². The zero-order valence-corrected chi connectivity index (χ0v) is 16.2. The Morgan fingerprint density at radius 3 is 2.82 bits per heavy atom. The standard InChI is InChI=1S/C20H27N5O3/c1-15-7-5-8-16-13-22-19(23-14-16)25-17-9-6-10-18(24-17)27-12-4-2-3-11-21-20(26)28-15/h6,9-10,13-15H,2-5,7-8,11-12H2,1H3,(H,21,26)(H,22,23,24,25)/t15-/m1/s1. The predicted octanol–water partition coefficient (Wildman–Crippen LogP) is 3.62. The molecule has 0 fully saturated rings. The van der Waals surface area contributed by atoms with Crippen LogP contribution in [0.5, 0.6) is 5.88 Å². The monoisotopic (exact) mass is 385 g/mol. The molecule has 0 aliphatic carbocycles. The Hall–Kier alpha value is -2.90. The van der Waals surface area contributed by atoms with Crippen molar-refractivity contribution in [1.29, 1.82) is 0 Å². The van der Waals surface area contributed by atoms with Crippen LogP contribution >= 0.6 is 0 Å². The van der Waals surface area contributed by atoms with Crippen molar-refractivity contribution in [2.45, 2.75) is 51.6 Å². The number of nitrogens with one attached hydrogen (secondary N) is 2. The van der Waals surface area contributed by atoms with Crippen LogP contribution < -0.4 is 15.4 Å². The number of hydrogen-bond acceptors (Lipinski definition) is 7. The van der Waals surface area contributed by atoms with E-state index < -0.39 is 0 Å². The van der Waals surface area contributed by atoms with Gasteiger partial charge in [-0.3, -0.25) is 0 Å². The van der Waals surface area contributed by atoms with E-state index in [9.17, 15) is 4.79 Å². The summed E-state index contributed by atoms with van der Waals surface area (Å²) in [5.74, 6) is 1.70. The van der Waals surface area contributed by atoms with E-state index in [0.717, 1.165) is 44.1 Å². The summed E-state index contributed by atoms with van der Waals surface area (Å²) in [5.41, 5.74) is 1.04. The van der Waals surface area contributed by atoms with Gasteiger partial charge in [0.2, 0.25) is 11.8 Å². The molecule has 2 aliphatic heterocycles. The summed E-state index contributed by atoms with van der Waals surface area (Å²) in [4.78, 5) is 24.9. The Balaban J connectivity index is 1.64. The molecule has 8 heteroatoms. The molecule has 0 radical (unpaired) electrons. The fourth-order valence-electron chi connectivity index (χ4n) is 2.88. The molecule has 0 aromatic carbocycles. The molecule has 0 saturated carbocycles. The smallest absolute Gasteiger partial charge is 0.407 e. The van der Waals surface area contributed by atoms with Crippen LogP contribution in [0.4, 0.5) is 16.6 Å². The highest BCUT2D eigenvalue weighted by Crippen LogP contribution is 2.16. The van der Waals surface area contributed by atoms with Gasteiger partial charge in [0.15, 0.2) is 0 Å². The number of anilines is 2. The van der Waals surface area contributed by atoms with Gasteiger partial charge in [-0.1, -0.05) is 6.07 Å². The van der Waals surface area contributed by atoms with Crippen molar-refractivity contribution in [2.24, 2.45) is 0 Å². The van der Waals surface area contributed by atoms with Crippen LogP contribution in [-0.4, -0.2) is 40.3 Å². The van der Waals surface area contributed by atoms with Gasteiger partial charge in [-0.15, -0.1) is 0 Å². The van der Waals surface area contributed by atoms with Gasteiger partial charge < -0.3 is 20.1 Å². The van der Waals surface area contributed by atoms with Crippen molar-refractivity contribution < 1.29 is 14.3 Å². The third-order valence-electron chi connectivity index (χ3n) is 4.39. The van der Waals surface area contributed by atoms with E-state index in [4.69, 9.17) is 9.47 Å². The molecule has 2 aliphatic rings. The average Bonchev–Trinajstić information content (AvgIpc) is 2.68. The van der Waals surface area contributed by atoms with Crippen LogP contribution in [0.25, 0.3) is 0 Å². The molecule has 2 aromatic heterocycles.